The molecule has 0 spiro atoms. The predicted molar refractivity (Wildman–Crippen MR) is 316 cm³/mol. The van der Waals surface area contributed by atoms with Crippen LogP contribution in [0, 0.1) is 56.3 Å². The van der Waals surface area contributed by atoms with E-state index < -0.39 is 0 Å². The number of benzene rings is 4. The van der Waals surface area contributed by atoms with E-state index in [-0.39, 0.29) is 67.9 Å². The molecule has 2 atom stereocenters. The van der Waals surface area contributed by atoms with Crippen LogP contribution in [0.25, 0.3) is 27.6 Å². The van der Waals surface area contributed by atoms with E-state index in [1.807, 2.05) is 41.8 Å². The number of amides is 2. The maximum atomic E-state index is 13.6. The van der Waals surface area contributed by atoms with E-state index in [0.29, 0.717) is 13.2 Å². The summed E-state index contributed by atoms with van der Waals surface area (Å²) in [5, 5.41) is 12.4. The van der Waals surface area contributed by atoms with Gasteiger partial charge in [-0.05, 0) is 155 Å². The van der Waals surface area contributed by atoms with Crippen molar-refractivity contribution in [2.24, 2.45) is 5.92 Å². The summed E-state index contributed by atoms with van der Waals surface area (Å²) < 4.78 is 25.9. The Bertz CT molecular complexity index is 2780. The standard InChI is InChI=1S/C33H37ClFNO.C24H32N3O3.C7H16.CH2O2.U/c1-7-21(2)27(11-9-19-37-31-12-8-10-25-20-26(35)13-14-29(25)31)28-15-16-30(34)33(23(28)4)32-22(3)17-18-36(6)24(32)5;1-3-13-26(14-4-2)22(28)16-30-21-9-5-7-18-19(21)15-27(23(18)17-10-11-17)20-8-6-12-25-24(20)29;1-4-6-7(3)5-2;2-1-3;/h8,10,12-17,20H,7,9,11,18-19H2,1-6H3;5,7,9,12,20H,3-4,6,8,10-11,13-16H2,1-2H3,(H,25,29);7H,4-6H2,1-3H3;1H,(H,2,3);/q;-1;;;/b27-21-;;;;. The summed E-state index contributed by atoms with van der Waals surface area (Å²) in [6.45, 7) is 27.3. The minimum atomic E-state index is -0.250. The van der Waals surface area contributed by atoms with Crippen molar-refractivity contribution in [2.75, 3.05) is 39.9 Å². The predicted octanol–water partition coefficient (Wildman–Crippen LogP) is 15.6. The first kappa shape index (κ1) is 65.5. The Morgan fingerprint density at radius 1 is 0.974 bits per heavy atom. The van der Waals surface area contributed by atoms with E-state index in [1.54, 1.807) is 12.1 Å². The maximum absolute atomic E-state index is 13.6. The number of halogens is 2. The maximum Gasteiger partial charge on any atom is 0.290 e. The fourth-order valence-electron chi connectivity index (χ4n) is 10.5. The number of likely N-dealkylation sites (N-methyl/N-ethyl adjacent to an activating group) is 1. The molecule has 1 aliphatic carbocycles. The second kappa shape index (κ2) is 32.9. The Labute approximate surface area is 495 Å². The van der Waals surface area contributed by atoms with Crippen LogP contribution in [0.4, 0.5) is 4.39 Å². The Hall–Kier alpha value is -5.02. The summed E-state index contributed by atoms with van der Waals surface area (Å²) in [6.07, 6.45) is 14.9. The number of hydrogen-bond donors (Lipinski definition) is 2. The van der Waals surface area contributed by atoms with Crippen LogP contribution in [0.5, 0.6) is 11.5 Å². The van der Waals surface area contributed by atoms with Gasteiger partial charge in [-0.3, -0.25) is 14.4 Å². The van der Waals surface area contributed by atoms with Crippen molar-refractivity contribution in [1.82, 2.24) is 20.0 Å². The minimum absolute atomic E-state index is 0. The van der Waals surface area contributed by atoms with E-state index in [1.165, 1.54) is 75.7 Å². The van der Waals surface area contributed by atoms with Crippen LogP contribution in [0.1, 0.15) is 167 Å². The zero-order valence-corrected chi connectivity index (χ0v) is 53.5. The Morgan fingerprint density at radius 3 is 2.29 bits per heavy atom. The molecule has 10 nitrogen and oxygen atoms in total. The van der Waals surface area contributed by atoms with Gasteiger partial charge in [0.2, 0.25) is 5.91 Å². The van der Waals surface area contributed by atoms with E-state index >= 15 is 0 Å². The van der Waals surface area contributed by atoms with Crippen LogP contribution in [-0.4, -0.2) is 84.0 Å². The van der Waals surface area contributed by atoms with Crippen molar-refractivity contribution in [3.05, 3.63) is 140 Å². The first-order chi connectivity index (χ1) is 37.1. The van der Waals surface area contributed by atoms with Gasteiger partial charge in [-0.25, -0.2) is 10.9 Å². The number of nitrogens with one attached hydrogen (secondary N) is 1. The van der Waals surface area contributed by atoms with Gasteiger partial charge in [0.15, 0.2) is 6.61 Å². The topological polar surface area (TPSA) is 112 Å². The van der Waals surface area contributed by atoms with Crippen molar-refractivity contribution < 1.29 is 64.5 Å². The molecule has 0 radical (unpaired) electrons. The average Bonchev–Trinajstić information content (AvgIpc) is 4.27. The molecule has 4 aromatic carbocycles. The van der Waals surface area contributed by atoms with E-state index in [4.69, 9.17) is 31.0 Å². The van der Waals surface area contributed by atoms with Crippen LogP contribution in [-0.2, 0) is 20.9 Å². The van der Waals surface area contributed by atoms with E-state index in [0.717, 1.165) is 127 Å². The quantitative estimate of drug-likeness (QED) is 0.0543. The third kappa shape index (κ3) is 17.5. The largest absolute Gasteiger partial charge is 0.504 e. The molecule has 8 rings (SSSR count). The number of fused-ring (bicyclic) bond motifs is 2. The van der Waals surface area contributed by atoms with Gasteiger partial charge in [0, 0.05) is 108 Å². The van der Waals surface area contributed by atoms with Gasteiger partial charge < -0.3 is 34.6 Å². The minimum Gasteiger partial charge on any atom is -0.504 e. The Morgan fingerprint density at radius 2 is 1.67 bits per heavy atom. The molecule has 13 heteroatoms. The SMILES string of the molecule is CC/C(C)=C(/CCCOc1cccc2cc(F)ccc12)c1ccc(Cl)c(C2=C(C)N(C)CC=C2C)c1C.CCCC(C)CC.CCCN(CCC)C(=O)COc1cccc2c1CN(C1CC[CH-]NC1=O)C2=C1CC1.O=CO.[U]. The summed E-state index contributed by atoms with van der Waals surface area (Å²) in [5.41, 5.74) is 15.0. The van der Waals surface area contributed by atoms with Crippen LogP contribution in [0.2, 0.25) is 5.02 Å². The van der Waals surface area contributed by atoms with E-state index in [2.05, 4.69) is 116 Å². The van der Waals surface area contributed by atoms with Gasteiger partial charge in [0.1, 0.15) is 23.4 Å². The van der Waals surface area contributed by atoms with Crippen molar-refractivity contribution >= 4 is 57.5 Å². The summed E-state index contributed by atoms with van der Waals surface area (Å²) >= 11 is 6.84. The van der Waals surface area contributed by atoms with E-state index in [9.17, 15) is 14.0 Å². The zero-order valence-electron chi connectivity index (χ0n) is 48.6. The molecule has 2 unspecified atom stereocenters. The number of carbonyl (C=O) groups excluding carboxylic acids is 2. The van der Waals surface area contributed by atoms with Crippen molar-refractivity contribution in [1.29, 1.82) is 0 Å². The molecule has 1 saturated heterocycles. The molecule has 2 fully saturated rings. The molecule has 1 saturated carbocycles. The molecule has 2 amide bonds. The molecule has 4 aromatic rings. The third-order valence-electron chi connectivity index (χ3n) is 15.2. The molecule has 3 aliphatic heterocycles. The number of allylic oxidation sites excluding steroid dienone is 6. The number of carboxylic acid groups (broad SMARTS) is 1. The monoisotopic (exact) mass is 1310 g/mol. The number of nitrogens with zero attached hydrogens (tertiary/aromatic N) is 3. The second-order valence-electron chi connectivity index (χ2n) is 20.8. The number of piperidine rings is 1. The van der Waals surface area contributed by atoms with Gasteiger partial charge in [0.25, 0.3) is 12.4 Å². The molecule has 0 bridgehead atoms. The zero-order chi connectivity index (χ0) is 56.2. The van der Waals surface area contributed by atoms with Crippen molar-refractivity contribution in [3.8, 4) is 11.5 Å². The fourth-order valence-corrected chi connectivity index (χ4v) is 10.8. The number of ether oxygens (including phenoxy) is 2. The first-order valence-corrected chi connectivity index (χ1v) is 28.6. The Kier molecular flexibility index (Phi) is 27.6. The molecule has 78 heavy (non-hydrogen) atoms. The molecule has 4 aliphatic rings. The van der Waals surface area contributed by atoms with Crippen molar-refractivity contribution in [3.63, 3.8) is 0 Å². The van der Waals surface area contributed by atoms with Gasteiger partial charge in [0.05, 0.1) is 6.61 Å². The van der Waals surface area contributed by atoms with Crippen LogP contribution >= 0.6 is 11.6 Å². The molecule has 0 aromatic heterocycles. The van der Waals surface area contributed by atoms with Crippen LogP contribution < -0.4 is 14.8 Å². The summed E-state index contributed by atoms with van der Waals surface area (Å²) in [5.74, 6) is 2.38. The fraction of sp³-hybridized carbons (Fsp3) is 0.477. The third-order valence-corrected chi connectivity index (χ3v) is 15.5. The van der Waals surface area contributed by atoms with Gasteiger partial charge in [-0.1, -0.05) is 114 Å². The average molecular weight is 1310 g/mol. The van der Waals surface area contributed by atoms with Crippen LogP contribution in [0.15, 0.2) is 95.2 Å². The normalized spacial score (nSPS) is 16.1. The molecule has 422 valence electrons. The second-order valence-corrected chi connectivity index (χ2v) is 21.2. The summed E-state index contributed by atoms with van der Waals surface area (Å²) in [6, 6.07) is 20.8. The summed E-state index contributed by atoms with van der Waals surface area (Å²) in [4.78, 5) is 40.0. The number of rotatable bonds is 19. The molecule has 2 N–H and O–H groups in total. The van der Waals surface area contributed by atoms with Gasteiger partial charge in [-0.15, -0.1) is 0 Å². The molecular weight excluding hydrogens is 1230 g/mol. The first-order valence-electron chi connectivity index (χ1n) is 28.2. The summed E-state index contributed by atoms with van der Waals surface area (Å²) in [7, 11) is 2.13. The van der Waals surface area contributed by atoms with Crippen LogP contribution in [0.3, 0.4) is 0 Å². The molecular formula is C65H87ClFN4O6U-. The van der Waals surface area contributed by atoms with Crippen molar-refractivity contribution in [2.45, 2.75) is 159 Å². The Balaban J connectivity index is 0.000000287. The number of hydrogen-bond acceptors (Lipinski definition) is 7. The smallest absolute Gasteiger partial charge is 0.290 e. The number of carbonyl (C=O) groups is 3. The van der Waals surface area contributed by atoms with Gasteiger partial charge in [-0.2, -0.15) is 6.42 Å². The molecule has 3 heterocycles. The van der Waals surface area contributed by atoms with Gasteiger partial charge >= 0.3 is 0 Å².